The molecule has 0 aliphatic carbocycles. The van der Waals surface area contributed by atoms with Crippen LogP contribution >= 0.6 is 0 Å². The Labute approximate surface area is 120 Å². The van der Waals surface area contributed by atoms with Crippen LogP contribution in [-0.2, 0) is 9.59 Å². The van der Waals surface area contributed by atoms with E-state index in [9.17, 15) is 9.59 Å². The quantitative estimate of drug-likeness (QED) is 0.689. The molecule has 0 aromatic heterocycles. The predicted molar refractivity (Wildman–Crippen MR) is 85.1 cm³/mol. The molecule has 0 rings (SSSR count). The maximum atomic E-state index is 12.5. The van der Waals surface area contributed by atoms with Crippen molar-refractivity contribution in [3.05, 3.63) is 0 Å². The van der Waals surface area contributed by atoms with Gasteiger partial charge in [-0.3, -0.25) is 4.79 Å². The van der Waals surface area contributed by atoms with Crippen LogP contribution in [0.15, 0.2) is 0 Å². The predicted octanol–water partition coefficient (Wildman–Crippen LogP) is 4.63. The number of rotatable bonds is 5. The normalized spacial score (nSPS) is 15.2. The van der Waals surface area contributed by atoms with E-state index in [1.54, 1.807) is 0 Å². The average molecular weight is 285 g/mol. The first-order valence-corrected chi connectivity index (χ1v) is 10.3. The van der Waals surface area contributed by atoms with Crippen LogP contribution in [0.1, 0.15) is 61.3 Å². The van der Waals surface area contributed by atoms with Gasteiger partial charge in [-0.05, 0) is 11.0 Å². The molecule has 112 valence electrons. The largest absolute Gasteiger partial charge is 0.305 e. The summed E-state index contributed by atoms with van der Waals surface area (Å²) in [5, 5.41) is 0.479. The zero-order valence-electron chi connectivity index (χ0n) is 14.3. The summed E-state index contributed by atoms with van der Waals surface area (Å²) in [5.74, 6) is 0.413. The van der Waals surface area contributed by atoms with Crippen molar-refractivity contribution in [2.75, 3.05) is 0 Å². The summed E-state index contributed by atoms with van der Waals surface area (Å²) in [6.07, 6.45) is 1.07. The minimum Gasteiger partial charge on any atom is -0.305 e. The molecule has 2 nitrogen and oxygen atoms in total. The Balaban J connectivity index is 4.64. The maximum Gasteiger partial charge on any atom is 0.138 e. The van der Waals surface area contributed by atoms with Gasteiger partial charge in [-0.25, -0.2) is 0 Å². The second kappa shape index (κ2) is 5.90. The van der Waals surface area contributed by atoms with Gasteiger partial charge >= 0.3 is 0 Å². The van der Waals surface area contributed by atoms with Crippen molar-refractivity contribution in [3.63, 3.8) is 0 Å². The standard InChI is InChI=1S/C16H32O2Si/c1-12(10-13(17)15(2,3)4)11-14(18)19(8,9)16(5,6)7/h12H,10-11H2,1-9H3. The summed E-state index contributed by atoms with van der Waals surface area (Å²) < 4.78 is 0. The average Bonchev–Trinajstić information content (AvgIpc) is 2.13. The third-order valence-corrected chi connectivity index (χ3v) is 9.82. The smallest absolute Gasteiger partial charge is 0.138 e. The minimum atomic E-state index is -1.92. The first-order valence-electron chi connectivity index (χ1n) is 7.26. The van der Waals surface area contributed by atoms with Crippen molar-refractivity contribution in [1.82, 2.24) is 0 Å². The summed E-state index contributed by atoms with van der Waals surface area (Å²) in [4.78, 5) is 24.5. The van der Waals surface area contributed by atoms with Gasteiger partial charge in [-0.2, -0.15) is 0 Å². The van der Waals surface area contributed by atoms with E-state index in [-0.39, 0.29) is 22.2 Å². The Kier molecular flexibility index (Phi) is 5.76. The van der Waals surface area contributed by atoms with Gasteiger partial charge in [-0.1, -0.05) is 61.6 Å². The van der Waals surface area contributed by atoms with Crippen LogP contribution in [0.2, 0.25) is 18.1 Å². The molecule has 1 atom stereocenters. The van der Waals surface area contributed by atoms with Crippen LogP contribution in [0.5, 0.6) is 0 Å². The Hall–Kier alpha value is -0.443. The molecular weight excluding hydrogens is 252 g/mol. The lowest BCUT2D eigenvalue weighted by Crippen LogP contribution is -2.46. The molecule has 0 saturated heterocycles. The van der Waals surface area contributed by atoms with Gasteiger partial charge in [0.05, 0.1) is 0 Å². The molecule has 0 radical (unpaired) electrons. The molecular formula is C16H32O2Si. The second-order valence-corrected chi connectivity index (χ2v) is 13.8. The van der Waals surface area contributed by atoms with Gasteiger partial charge in [0.2, 0.25) is 0 Å². The maximum absolute atomic E-state index is 12.5. The molecule has 0 spiro atoms. The van der Waals surface area contributed by atoms with E-state index >= 15 is 0 Å². The molecule has 0 aromatic rings. The monoisotopic (exact) mass is 284 g/mol. The van der Waals surface area contributed by atoms with Crippen LogP contribution in [0.3, 0.4) is 0 Å². The SMILES string of the molecule is CC(CC(=O)C(C)(C)C)CC(=O)[Si](C)(C)C(C)(C)C. The molecule has 0 bridgehead atoms. The zero-order valence-corrected chi connectivity index (χ0v) is 15.3. The third kappa shape index (κ3) is 5.21. The lowest BCUT2D eigenvalue weighted by Gasteiger charge is -2.36. The molecule has 19 heavy (non-hydrogen) atoms. The van der Waals surface area contributed by atoms with Crippen molar-refractivity contribution >= 4 is 19.3 Å². The second-order valence-electron chi connectivity index (χ2n) is 8.48. The molecule has 3 heteroatoms. The molecule has 1 unspecified atom stereocenters. The van der Waals surface area contributed by atoms with Gasteiger partial charge in [0.15, 0.2) is 0 Å². The van der Waals surface area contributed by atoms with E-state index in [0.29, 0.717) is 18.2 Å². The molecule has 0 heterocycles. The summed E-state index contributed by atoms with van der Waals surface area (Å²) in [6, 6.07) is 0. The number of ketones is 1. The Morgan fingerprint density at radius 2 is 1.37 bits per heavy atom. The summed E-state index contributed by atoms with van der Waals surface area (Å²) >= 11 is 0. The molecule has 0 aliphatic heterocycles. The van der Waals surface area contributed by atoms with Crippen molar-refractivity contribution < 1.29 is 9.59 Å². The fraction of sp³-hybridized carbons (Fsp3) is 0.875. The number of Topliss-reactive ketones (excluding diaryl/α,β-unsaturated/α-hetero) is 1. The van der Waals surface area contributed by atoms with Crippen LogP contribution in [0.4, 0.5) is 0 Å². The van der Waals surface area contributed by atoms with E-state index in [2.05, 4.69) is 33.9 Å². The number of hydrogen-bond donors (Lipinski definition) is 0. The van der Waals surface area contributed by atoms with Crippen molar-refractivity contribution in [1.29, 1.82) is 0 Å². The Morgan fingerprint density at radius 3 is 1.68 bits per heavy atom. The molecule has 0 fully saturated rings. The Morgan fingerprint density at radius 1 is 0.947 bits per heavy atom. The highest BCUT2D eigenvalue weighted by Gasteiger charge is 2.42. The lowest BCUT2D eigenvalue weighted by atomic mass is 9.85. The Bertz CT molecular complexity index is 343. The summed E-state index contributed by atoms with van der Waals surface area (Å²) in [5.41, 5.74) is -0.297. The van der Waals surface area contributed by atoms with Gasteiger partial charge in [-0.15, -0.1) is 0 Å². The van der Waals surface area contributed by atoms with E-state index < -0.39 is 8.07 Å². The van der Waals surface area contributed by atoms with Crippen LogP contribution < -0.4 is 0 Å². The van der Waals surface area contributed by atoms with Gasteiger partial charge in [0.25, 0.3) is 0 Å². The molecule has 0 N–H and O–H groups in total. The van der Waals surface area contributed by atoms with Crippen molar-refractivity contribution in [2.24, 2.45) is 11.3 Å². The van der Waals surface area contributed by atoms with E-state index in [4.69, 9.17) is 0 Å². The van der Waals surface area contributed by atoms with E-state index in [0.717, 1.165) is 0 Å². The molecule has 0 aliphatic rings. The fourth-order valence-electron chi connectivity index (χ4n) is 1.68. The molecule has 0 aromatic carbocycles. The molecule has 0 amide bonds. The summed E-state index contributed by atoms with van der Waals surface area (Å²) in [6.45, 7) is 18.6. The van der Waals surface area contributed by atoms with Crippen LogP contribution in [0, 0.1) is 11.3 Å². The van der Waals surface area contributed by atoms with Gasteiger partial charge < -0.3 is 4.79 Å². The van der Waals surface area contributed by atoms with Crippen LogP contribution in [-0.4, -0.2) is 19.3 Å². The van der Waals surface area contributed by atoms with Gasteiger partial charge in [0.1, 0.15) is 19.3 Å². The summed E-state index contributed by atoms with van der Waals surface area (Å²) in [7, 11) is -1.92. The third-order valence-electron chi connectivity index (χ3n) is 4.48. The van der Waals surface area contributed by atoms with Crippen LogP contribution in [0.25, 0.3) is 0 Å². The first-order chi connectivity index (χ1) is 8.19. The zero-order chi connectivity index (χ0) is 15.6. The highest BCUT2D eigenvalue weighted by molar-refractivity contribution is 7.06. The van der Waals surface area contributed by atoms with E-state index in [1.807, 2.05) is 27.7 Å². The minimum absolute atomic E-state index is 0.0812. The number of carbonyl (C=O) groups excluding carboxylic acids is 2. The van der Waals surface area contributed by atoms with Gasteiger partial charge in [0, 0.05) is 18.3 Å². The fourth-order valence-corrected chi connectivity index (χ4v) is 3.38. The first kappa shape index (κ1) is 18.6. The number of hydrogen-bond acceptors (Lipinski definition) is 2. The highest BCUT2D eigenvalue weighted by Crippen LogP contribution is 2.37. The lowest BCUT2D eigenvalue weighted by molar-refractivity contribution is -0.127. The molecule has 0 saturated carbocycles. The van der Waals surface area contributed by atoms with Crippen molar-refractivity contribution in [3.8, 4) is 0 Å². The number of carbonyl (C=O) groups is 2. The van der Waals surface area contributed by atoms with Crippen molar-refractivity contribution in [2.45, 2.75) is 79.4 Å². The van der Waals surface area contributed by atoms with E-state index in [1.165, 1.54) is 0 Å². The highest BCUT2D eigenvalue weighted by atomic mass is 28.3. The topological polar surface area (TPSA) is 34.1 Å².